The van der Waals surface area contributed by atoms with Crippen molar-refractivity contribution >= 4 is 23.2 Å². The van der Waals surface area contributed by atoms with Crippen molar-refractivity contribution in [2.45, 2.75) is 38.4 Å². The van der Waals surface area contributed by atoms with E-state index in [4.69, 9.17) is 9.73 Å². The number of hydrogen-bond donors (Lipinski definition) is 2. The maximum atomic E-state index is 15.5. The monoisotopic (exact) mass is 551 g/mol. The van der Waals surface area contributed by atoms with E-state index >= 15 is 4.39 Å². The second-order valence-corrected chi connectivity index (χ2v) is 10.1. The Bertz CT molecular complexity index is 1630. The molecule has 4 aromatic rings. The van der Waals surface area contributed by atoms with Gasteiger partial charge in [0.05, 0.1) is 34.9 Å². The van der Waals surface area contributed by atoms with Crippen molar-refractivity contribution in [1.82, 2.24) is 15.1 Å². The average molecular weight is 552 g/mol. The number of carbonyl (C=O) groups excluding carboxylic acids is 2. The average Bonchev–Trinajstić information content (AvgIpc) is 3.39. The number of benzodiazepines with no additional fused rings is 1. The van der Waals surface area contributed by atoms with Gasteiger partial charge in [-0.3, -0.25) is 14.3 Å². The van der Waals surface area contributed by atoms with Gasteiger partial charge in [-0.25, -0.2) is 9.38 Å². The normalized spacial score (nSPS) is 17.3. The molecule has 2 amide bonds. The molecule has 3 heterocycles. The van der Waals surface area contributed by atoms with Gasteiger partial charge in [0.15, 0.2) is 0 Å². The molecular formula is C32H30FN5O3. The molecule has 2 aliphatic heterocycles. The van der Waals surface area contributed by atoms with Crippen LogP contribution in [0.1, 0.15) is 52.9 Å². The number of carbonyl (C=O) groups is 2. The molecule has 208 valence electrons. The van der Waals surface area contributed by atoms with Crippen molar-refractivity contribution < 1.29 is 18.7 Å². The number of rotatable bonds is 6. The highest BCUT2D eigenvalue weighted by Gasteiger charge is 2.31. The molecule has 1 aromatic heterocycles. The van der Waals surface area contributed by atoms with Crippen LogP contribution in [0.25, 0.3) is 11.3 Å². The summed E-state index contributed by atoms with van der Waals surface area (Å²) >= 11 is 0. The lowest BCUT2D eigenvalue weighted by atomic mass is 10.0. The second kappa shape index (κ2) is 11.5. The van der Waals surface area contributed by atoms with Crippen molar-refractivity contribution in [3.63, 3.8) is 0 Å². The number of para-hydroxylation sites is 1. The first-order valence-corrected chi connectivity index (χ1v) is 13.8. The summed E-state index contributed by atoms with van der Waals surface area (Å²) in [5, 5.41) is 10.2. The smallest absolute Gasteiger partial charge is 0.269 e. The number of fused-ring (bicyclic) bond motifs is 1. The lowest BCUT2D eigenvalue weighted by Crippen LogP contribution is -2.42. The molecule has 1 saturated heterocycles. The summed E-state index contributed by atoms with van der Waals surface area (Å²) in [6.45, 7) is 3.07. The van der Waals surface area contributed by atoms with Crippen molar-refractivity contribution in [2.75, 3.05) is 18.5 Å². The zero-order valence-electron chi connectivity index (χ0n) is 22.6. The van der Waals surface area contributed by atoms with E-state index in [2.05, 4.69) is 15.7 Å². The molecule has 0 saturated carbocycles. The first-order valence-electron chi connectivity index (χ1n) is 13.8. The van der Waals surface area contributed by atoms with E-state index in [1.165, 1.54) is 12.3 Å². The summed E-state index contributed by atoms with van der Waals surface area (Å²) in [6, 6.07) is 21.9. The molecule has 1 fully saturated rings. The Hall–Kier alpha value is -4.63. The standard InChI is InChI=1S/C32H30FN5O3/c1-2-20-12-13-23(26(33)18-20)29-25(19-34-38(29)22-14-16-41-17-15-22)31(39)37-30-32(40)35-27-11-7-6-10-24(27)28(36-30)21-8-4-3-5-9-21/h3-13,18-19,22,30H,2,14-17H2,1H3,(H,35,40)(H,37,39)/t30-/m1/s1. The quantitative estimate of drug-likeness (QED) is 0.346. The molecule has 0 radical (unpaired) electrons. The Balaban J connectivity index is 1.40. The van der Waals surface area contributed by atoms with E-state index in [0.717, 1.165) is 16.7 Å². The molecule has 2 aliphatic rings. The Morgan fingerprint density at radius 1 is 1.05 bits per heavy atom. The van der Waals surface area contributed by atoms with E-state index in [-0.39, 0.29) is 17.2 Å². The van der Waals surface area contributed by atoms with Crippen LogP contribution in [0.5, 0.6) is 0 Å². The Morgan fingerprint density at radius 2 is 1.80 bits per heavy atom. The van der Waals surface area contributed by atoms with Gasteiger partial charge in [-0.05, 0) is 43.0 Å². The molecule has 1 atom stereocenters. The number of amides is 2. The van der Waals surface area contributed by atoms with E-state index in [9.17, 15) is 9.59 Å². The van der Waals surface area contributed by atoms with E-state index in [0.29, 0.717) is 49.6 Å². The first-order chi connectivity index (χ1) is 20.0. The van der Waals surface area contributed by atoms with Gasteiger partial charge in [-0.2, -0.15) is 5.10 Å². The second-order valence-electron chi connectivity index (χ2n) is 10.1. The Morgan fingerprint density at radius 3 is 2.56 bits per heavy atom. The fourth-order valence-electron chi connectivity index (χ4n) is 5.36. The van der Waals surface area contributed by atoms with Gasteiger partial charge < -0.3 is 15.4 Å². The van der Waals surface area contributed by atoms with Gasteiger partial charge in [0.1, 0.15) is 5.82 Å². The first kappa shape index (κ1) is 26.6. The van der Waals surface area contributed by atoms with Crippen molar-refractivity contribution in [3.8, 4) is 11.3 Å². The zero-order chi connectivity index (χ0) is 28.3. The number of hydrogen-bond acceptors (Lipinski definition) is 5. The van der Waals surface area contributed by atoms with Crippen LogP contribution in [0.3, 0.4) is 0 Å². The Labute approximate surface area is 237 Å². The van der Waals surface area contributed by atoms with Gasteiger partial charge in [-0.1, -0.05) is 61.5 Å². The SMILES string of the molecule is CCc1ccc(-c2c(C(=O)N[C@H]3N=C(c4ccccc4)c4ccccc4NC3=O)cnn2C2CCOCC2)c(F)c1. The molecule has 0 aliphatic carbocycles. The number of halogens is 1. The van der Waals surface area contributed by atoms with Gasteiger partial charge >= 0.3 is 0 Å². The molecule has 9 heteroatoms. The summed E-state index contributed by atoms with van der Waals surface area (Å²) < 4.78 is 22.7. The van der Waals surface area contributed by atoms with Gasteiger partial charge in [0.2, 0.25) is 6.17 Å². The van der Waals surface area contributed by atoms with Crippen molar-refractivity contribution in [1.29, 1.82) is 0 Å². The number of anilines is 1. The number of aryl methyl sites for hydroxylation is 1. The largest absolute Gasteiger partial charge is 0.381 e. The minimum Gasteiger partial charge on any atom is -0.381 e. The molecule has 0 unspecified atom stereocenters. The third kappa shape index (κ3) is 5.28. The highest BCUT2D eigenvalue weighted by molar-refractivity contribution is 6.20. The lowest BCUT2D eigenvalue weighted by Gasteiger charge is -2.25. The highest BCUT2D eigenvalue weighted by Crippen LogP contribution is 2.33. The summed E-state index contributed by atoms with van der Waals surface area (Å²) in [4.78, 5) is 31.9. The summed E-state index contributed by atoms with van der Waals surface area (Å²) in [5.41, 5.74) is 4.41. The molecule has 0 spiro atoms. The number of aliphatic imine (C=N–C) groups is 1. The van der Waals surface area contributed by atoms with Gasteiger partial charge in [-0.15, -0.1) is 0 Å². The maximum Gasteiger partial charge on any atom is 0.269 e. The topological polar surface area (TPSA) is 97.6 Å². The summed E-state index contributed by atoms with van der Waals surface area (Å²) in [7, 11) is 0. The van der Waals surface area contributed by atoms with Crippen LogP contribution in [0, 0.1) is 5.82 Å². The number of ether oxygens (including phenoxy) is 1. The molecule has 8 nitrogen and oxygen atoms in total. The minimum atomic E-state index is -1.23. The molecular weight excluding hydrogens is 521 g/mol. The van der Waals surface area contributed by atoms with Crippen molar-refractivity contribution in [3.05, 3.63) is 107 Å². The van der Waals surface area contributed by atoms with Crippen LogP contribution in [0.2, 0.25) is 0 Å². The Kier molecular flexibility index (Phi) is 7.43. The van der Waals surface area contributed by atoms with Crippen LogP contribution in [-0.4, -0.2) is 46.7 Å². The number of aromatic nitrogens is 2. The van der Waals surface area contributed by atoms with E-state index in [1.807, 2.05) is 61.5 Å². The maximum absolute atomic E-state index is 15.5. The van der Waals surface area contributed by atoms with Gasteiger partial charge in [0, 0.05) is 29.9 Å². The van der Waals surface area contributed by atoms with Crippen LogP contribution in [0.4, 0.5) is 10.1 Å². The van der Waals surface area contributed by atoms with Gasteiger partial charge in [0.25, 0.3) is 11.8 Å². The summed E-state index contributed by atoms with van der Waals surface area (Å²) in [5.74, 6) is -1.48. The highest BCUT2D eigenvalue weighted by atomic mass is 19.1. The lowest BCUT2D eigenvalue weighted by molar-refractivity contribution is -0.117. The van der Waals surface area contributed by atoms with Crippen molar-refractivity contribution in [2.24, 2.45) is 4.99 Å². The number of nitrogens with zero attached hydrogens (tertiary/aromatic N) is 3. The fourth-order valence-corrected chi connectivity index (χ4v) is 5.36. The van der Waals surface area contributed by atoms with E-state index < -0.39 is 23.8 Å². The third-order valence-corrected chi connectivity index (χ3v) is 7.54. The predicted molar refractivity (Wildman–Crippen MR) is 154 cm³/mol. The number of benzene rings is 3. The molecule has 0 bridgehead atoms. The van der Waals surface area contributed by atoms with Crippen LogP contribution in [-0.2, 0) is 16.0 Å². The minimum absolute atomic E-state index is 0.0519. The molecule has 6 rings (SSSR count). The van der Waals surface area contributed by atoms with Crippen LogP contribution in [0.15, 0.2) is 84.0 Å². The fraction of sp³-hybridized carbons (Fsp3) is 0.250. The molecule has 3 aromatic carbocycles. The van der Waals surface area contributed by atoms with E-state index in [1.54, 1.807) is 16.8 Å². The molecule has 2 N–H and O–H groups in total. The zero-order valence-corrected chi connectivity index (χ0v) is 22.6. The summed E-state index contributed by atoms with van der Waals surface area (Å²) in [6.07, 6.45) is 2.29. The third-order valence-electron chi connectivity index (χ3n) is 7.54. The number of nitrogens with one attached hydrogen (secondary N) is 2. The van der Waals surface area contributed by atoms with Crippen LogP contribution >= 0.6 is 0 Å². The van der Waals surface area contributed by atoms with Crippen LogP contribution < -0.4 is 10.6 Å². The predicted octanol–water partition coefficient (Wildman–Crippen LogP) is 5.15. The molecule has 41 heavy (non-hydrogen) atoms.